The van der Waals surface area contributed by atoms with Crippen molar-refractivity contribution in [3.8, 4) is 0 Å². The molecule has 2 amide bonds. The summed E-state index contributed by atoms with van der Waals surface area (Å²) in [5.41, 5.74) is 2.40. The van der Waals surface area contributed by atoms with E-state index in [0.717, 1.165) is 26.2 Å². The predicted octanol–water partition coefficient (Wildman–Crippen LogP) is 1.58. The summed E-state index contributed by atoms with van der Waals surface area (Å²) in [4.78, 5) is 30.7. The van der Waals surface area contributed by atoms with E-state index in [0.29, 0.717) is 26.2 Å². The highest BCUT2D eigenvalue weighted by atomic mass is 16.2. The standard InChI is InChI=1S/C23H30N4O2/c1-24-22(28)18-25-12-14-27(15-13-25)23(29)19-26(16-20-8-4-2-5-9-20)17-21-10-6-3-7-11-21/h2-11H,12-19H2,1H3,(H,24,28). The fourth-order valence-corrected chi connectivity index (χ4v) is 3.58. The Morgan fingerprint density at radius 2 is 1.38 bits per heavy atom. The highest BCUT2D eigenvalue weighted by Crippen LogP contribution is 2.11. The first-order valence-electron chi connectivity index (χ1n) is 10.1. The van der Waals surface area contributed by atoms with Crippen molar-refractivity contribution in [2.45, 2.75) is 13.1 Å². The molecule has 0 spiro atoms. The number of rotatable bonds is 8. The van der Waals surface area contributed by atoms with Gasteiger partial charge in [-0.2, -0.15) is 0 Å². The van der Waals surface area contributed by atoms with Crippen LogP contribution < -0.4 is 5.32 Å². The van der Waals surface area contributed by atoms with Gasteiger partial charge in [0.25, 0.3) is 0 Å². The molecule has 0 aliphatic carbocycles. The van der Waals surface area contributed by atoms with Crippen LogP contribution in [0.5, 0.6) is 0 Å². The van der Waals surface area contributed by atoms with E-state index >= 15 is 0 Å². The van der Waals surface area contributed by atoms with Gasteiger partial charge in [-0.3, -0.25) is 19.4 Å². The topological polar surface area (TPSA) is 55.9 Å². The molecule has 6 nitrogen and oxygen atoms in total. The van der Waals surface area contributed by atoms with Crippen LogP contribution in [0.15, 0.2) is 60.7 Å². The van der Waals surface area contributed by atoms with Gasteiger partial charge in [-0.15, -0.1) is 0 Å². The van der Waals surface area contributed by atoms with Crippen LogP contribution in [0.2, 0.25) is 0 Å². The van der Waals surface area contributed by atoms with Gasteiger partial charge in [-0.1, -0.05) is 60.7 Å². The number of amides is 2. The Labute approximate surface area is 173 Å². The molecule has 1 fully saturated rings. The first-order valence-corrected chi connectivity index (χ1v) is 10.1. The molecule has 1 heterocycles. The van der Waals surface area contributed by atoms with Gasteiger partial charge >= 0.3 is 0 Å². The number of piperazine rings is 1. The van der Waals surface area contributed by atoms with E-state index in [4.69, 9.17) is 0 Å². The molecule has 1 aliphatic rings. The monoisotopic (exact) mass is 394 g/mol. The number of carbonyl (C=O) groups excluding carboxylic acids is 2. The van der Waals surface area contributed by atoms with Crippen LogP contribution >= 0.6 is 0 Å². The van der Waals surface area contributed by atoms with Crippen molar-refractivity contribution in [3.63, 3.8) is 0 Å². The fraction of sp³-hybridized carbons (Fsp3) is 0.391. The Balaban J connectivity index is 1.58. The third kappa shape index (κ3) is 6.69. The highest BCUT2D eigenvalue weighted by molar-refractivity contribution is 5.79. The Morgan fingerprint density at radius 3 is 1.86 bits per heavy atom. The molecule has 0 bridgehead atoms. The SMILES string of the molecule is CNC(=O)CN1CCN(C(=O)CN(Cc2ccccc2)Cc2ccccc2)CC1. The second-order valence-electron chi connectivity index (χ2n) is 7.45. The average molecular weight is 395 g/mol. The number of carbonyl (C=O) groups is 2. The number of hydrogen-bond donors (Lipinski definition) is 1. The summed E-state index contributed by atoms with van der Waals surface area (Å²) in [6, 6.07) is 20.5. The first-order chi connectivity index (χ1) is 14.1. The number of nitrogens with zero attached hydrogens (tertiary/aromatic N) is 3. The zero-order valence-electron chi connectivity index (χ0n) is 17.1. The molecule has 0 saturated carbocycles. The maximum atomic E-state index is 13.0. The minimum absolute atomic E-state index is 0.0154. The molecule has 2 aromatic rings. The molecule has 2 aromatic carbocycles. The predicted molar refractivity (Wildman–Crippen MR) is 114 cm³/mol. The largest absolute Gasteiger partial charge is 0.358 e. The molecule has 154 valence electrons. The van der Waals surface area contributed by atoms with Crippen molar-refractivity contribution in [2.24, 2.45) is 0 Å². The lowest BCUT2D eigenvalue weighted by Crippen LogP contribution is -2.52. The van der Waals surface area contributed by atoms with Gasteiger partial charge in [0.1, 0.15) is 0 Å². The van der Waals surface area contributed by atoms with E-state index in [2.05, 4.69) is 39.4 Å². The summed E-state index contributed by atoms with van der Waals surface area (Å²) >= 11 is 0. The summed E-state index contributed by atoms with van der Waals surface area (Å²) in [5.74, 6) is 0.165. The molecule has 3 rings (SSSR count). The molecule has 0 atom stereocenters. The van der Waals surface area contributed by atoms with Crippen LogP contribution in [-0.2, 0) is 22.7 Å². The van der Waals surface area contributed by atoms with Crippen LogP contribution in [0.25, 0.3) is 0 Å². The Hall–Kier alpha value is -2.70. The second kappa shape index (κ2) is 10.7. The molecule has 0 unspecified atom stereocenters. The highest BCUT2D eigenvalue weighted by Gasteiger charge is 2.23. The molecule has 0 aromatic heterocycles. The van der Waals surface area contributed by atoms with Crippen molar-refractivity contribution >= 4 is 11.8 Å². The summed E-state index contributed by atoms with van der Waals surface area (Å²) < 4.78 is 0. The van der Waals surface area contributed by atoms with E-state index in [-0.39, 0.29) is 11.8 Å². The zero-order valence-corrected chi connectivity index (χ0v) is 17.1. The molecule has 29 heavy (non-hydrogen) atoms. The Bertz CT molecular complexity index is 732. The third-order valence-corrected chi connectivity index (χ3v) is 5.23. The van der Waals surface area contributed by atoms with E-state index in [9.17, 15) is 9.59 Å². The maximum absolute atomic E-state index is 13.0. The smallest absolute Gasteiger partial charge is 0.236 e. The molecule has 1 N–H and O–H groups in total. The summed E-state index contributed by atoms with van der Waals surface area (Å²) in [6.45, 7) is 5.05. The number of nitrogens with one attached hydrogen (secondary N) is 1. The number of benzene rings is 2. The average Bonchev–Trinajstić information content (AvgIpc) is 2.75. The number of hydrogen-bond acceptors (Lipinski definition) is 4. The van der Waals surface area contributed by atoms with Crippen LogP contribution in [0.1, 0.15) is 11.1 Å². The maximum Gasteiger partial charge on any atom is 0.236 e. The third-order valence-electron chi connectivity index (χ3n) is 5.23. The minimum Gasteiger partial charge on any atom is -0.358 e. The Morgan fingerprint density at radius 1 is 0.862 bits per heavy atom. The van der Waals surface area contributed by atoms with E-state index in [1.54, 1.807) is 7.05 Å². The van der Waals surface area contributed by atoms with Crippen LogP contribution in [0, 0.1) is 0 Å². The van der Waals surface area contributed by atoms with E-state index in [1.165, 1.54) is 11.1 Å². The van der Waals surface area contributed by atoms with Crippen molar-refractivity contribution in [3.05, 3.63) is 71.8 Å². The van der Waals surface area contributed by atoms with Gasteiger partial charge in [0.05, 0.1) is 13.1 Å². The zero-order chi connectivity index (χ0) is 20.5. The van der Waals surface area contributed by atoms with Gasteiger partial charge in [-0.25, -0.2) is 0 Å². The van der Waals surface area contributed by atoms with Crippen LogP contribution in [0.4, 0.5) is 0 Å². The lowest BCUT2D eigenvalue weighted by Gasteiger charge is -2.35. The quantitative estimate of drug-likeness (QED) is 0.739. The molecule has 1 aliphatic heterocycles. The molecule has 1 saturated heterocycles. The molecule has 6 heteroatoms. The Kier molecular flexibility index (Phi) is 7.78. The normalized spacial score (nSPS) is 14.8. The summed E-state index contributed by atoms with van der Waals surface area (Å²) in [6.07, 6.45) is 0. The molecular weight excluding hydrogens is 364 g/mol. The molecule has 0 radical (unpaired) electrons. The lowest BCUT2D eigenvalue weighted by molar-refractivity contribution is -0.134. The van der Waals surface area contributed by atoms with Gasteiger partial charge in [0.15, 0.2) is 0 Å². The van der Waals surface area contributed by atoms with E-state index < -0.39 is 0 Å². The minimum atomic E-state index is 0.0154. The van der Waals surface area contributed by atoms with Crippen molar-refractivity contribution in [1.82, 2.24) is 20.0 Å². The van der Waals surface area contributed by atoms with Crippen molar-refractivity contribution in [2.75, 3.05) is 46.3 Å². The number of likely N-dealkylation sites (N-methyl/N-ethyl adjacent to an activating group) is 1. The lowest BCUT2D eigenvalue weighted by atomic mass is 10.1. The van der Waals surface area contributed by atoms with Gasteiger partial charge in [0, 0.05) is 46.3 Å². The van der Waals surface area contributed by atoms with Gasteiger partial charge in [0.2, 0.25) is 11.8 Å². The first kappa shape index (κ1) is 21.0. The van der Waals surface area contributed by atoms with Crippen LogP contribution in [0.3, 0.4) is 0 Å². The van der Waals surface area contributed by atoms with Crippen LogP contribution in [-0.4, -0.2) is 72.8 Å². The summed E-state index contributed by atoms with van der Waals surface area (Å²) in [5, 5.41) is 2.65. The van der Waals surface area contributed by atoms with Gasteiger partial charge in [-0.05, 0) is 11.1 Å². The van der Waals surface area contributed by atoms with E-state index in [1.807, 2.05) is 41.3 Å². The second-order valence-corrected chi connectivity index (χ2v) is 7.45. The molecular formula is C23H30N4O2. The summed E-state index contributed by atoms with van der Waals surface area (Å²) in [7, 11) is 1.65. The fourth-order valence-electron chi connectivity index (χ4n) is 3.58. The van der Waals surface area contributed by atoms with Gasteiger partial charge < -0.3 is 10.2 Å². The van der Waals surface area contributed by atoms with Crippen molar-refractivity contribution in [1.29, 1.82) is 0 Å². The van der Waals surface area contributed by atoms with Crippen molar-refractivity contribution < 1.29 is 9.59 Å².